The summed E-state index contributed by atoms with van der Waals surface area (Å²) in [5.74, 6) is -3.15. The van der Waals surface area contributed by atoms with Crippen molar-refractivity contribution in [3.63, 3.8) is 0 Å². The minimum absolute atomic E-state index is 0.197. The lowest BCUT2D eigenvalue weighted by Crippen LogP contribution is -2.30. The molecule has 6 nitrogen and oxygen atoms in total. The minimum atomic E-state index is -5.08. The second kappa shape index (κ2) is 8.31. The number of halogens is 3. The second-order valence-electron chi connectivity index (χ2n) is 3.81. The van der Waals surface area contributed by atoms with Gasteiger partial charge in [-0.15, -0.1) is 0 Å². The summed E-state index contributed by atoms with van der Waals surface area (Å²) in [6.45, 7) is 1.19. The van der Waals surface area contributed by atoms with Crippen LogP contribution in [0.4, 0.5) is 13.2 Å². The maximum Gasteiger partial charge on any atom is 0.490 e. The van der Waals surface area contributed by atoms with Crippen molar-refractivity contribution in [3.05, 3.63) is 12.2 Å². The Balaban J connectivity index is 0.000000441. The van der Waals surface area contributed by atoms with Gasteiger partial charge in [0.2, 0.25) is 0 Å². The number of carboxylic acid groups (broad SMARTS) is 1. The summed E-state index contributed by atoms with van der Waals surface area (Å²) in [5.41, 5.74) is 5.32. The van der Waals surface area contributed by atoms with E-state index in [1.165, 1.54) is 17.1 Å². The SMILES string of the molecule is NCCCCCN1C(=O)C=CC1=O.O=C(O)C(F)(F)F. The molecule has 0 spiro atoms. The number of amides is 2. The van der Waals surface area contributed by atoms with Crippen molar-refractivity contribution >= 4 is 17.8 Å². The molecule has 0 saturated heterocycles. The Morgan fingerprint density at radius 1 is 1.15 bits per heavy atom. The number of hydrogen-bond donors (Lipinski definition) is 2. The number of carboxylic acids is 1. The molecule has 0 aliphatic carbocycles. The van der Waals surface area contributed by atoms with Crippen LogP contribution < -0.4 is 5.73 Å². The fraction of sp³-hybridized carbons (Fsp3) is 0.545. The van der Waals surface area contributed by atoms with Gasteiger partial charge in [-0.2, -0.15) is 13.2 Å². The Morgan fingerprint density at radius 3 is 1.95 bits per heavy atom. The van der Waals surface area contributed by atoms with E-state index in [0.717, 1.165) is 19.3 Å². The monoisotopic (exact) mass is 296 g/mol. The fourth-order valence-electron chi connectivity index (χ4n) is 1.24. The zero-order valence-electron chi connectivity index (χ0n) is 10.5. The molecular formula is C11H15F3N2O4. The minimum Gasteiger partial charge on any atom is -0.475 e. The van der Waals surface area contributed by atoms with Crippen LogP contribution in [0.5, 0.6) is 0 Å². The van der Waals surface area contributed by atoms with Crippen LogP contribution in [0.25, 0.3) is 0 Å². The summed E-state index contributed by atoms with van der Waals surface area (Å²) in [5, 5.41) is 7.12. The molecule has 0 aromatic carbocycles. The maximum atomic E-state index is 11.0. The van der Waals surface area contributed by atoms with Gasteiger partial charge < -0.3 is 10.8 Å². The standard InChI is InChI=1S/C9H14N2O2.C2HF3O2/c10-6-2-1-3-7-11-8(12)4-5-9(11)13;3-2(4,5)1(6)7/h4-5H,1-3,6-7,10H2;(H,6,7). The third-order valence-corrected chi connectivity index (χ3v) is 2.23. The van der Waals surface area contributed by atoms with E-state index in [0.29, 0.717) is 13.1 Å². The van der Waals surface area contributed by atoms with Gasteiger partial charge in [0.25, 0.3) is 11.8 Å². The van der Waals surface area contributed by atoms with E-state index in [-0.39, 0.29) is 11.8 Å². The van der Waals surface area contributed by atoms with Crippen LogP contribution in [0.15, 0.2) is 12.2 Å². The zero-order chi connectivity index (χ0) is 15.8. The topological polar surface area (TPSA) is 101 Å². The molecular weight excluding hydrogens is 281 g/mol. The van der Waals surface area contributed by atoms with Crippen LogP contribution in [0.3, 0.4) is 0 Å². The van der Waals surface area contributed by atoms with Gasteiger partial charge >= 0.3 is 12.1 Å². The highest BCUT2D eigenvalue weighted by Gasteiger charge is 2.38. The van der Waals surface area contributed by atoms with Gasteiger partial charge in [-0.05, 0) is 19.4 Å². The first-order valence-corrected chi connectivity index (χ1v) is 5.74. The summed E-state index contributed by atoms with van der Waals surface area (Å²) in [4.78, 5) is 32.2. The number of carbonyl (C=O) groups is 3. The van der Waals surface area contributed by atoms with E-state index < -0.39 is 12.1 Å². The van der Waals surface area contributed by atoms with Gasteiger partial charge in [-0.25, -0.2) is 4.79 Å². The maximum absolute atomic E-state index is 11.0. The number of unbranched alkanes of at least 4 members (excludes halogenated alkanes) is 2. The smallest absolute Gasteiger partial charge is 0.475 e. The van der Waals surface area contributed by atoms with Crippen molar-refractivity contribution in [1.82, 2.24) is 4.90 Å². The Hall–Kier alpha value is -1.90. The molecule has 1 aliphatic rings. The molecule has 0 unspecified atom stereocenters. The van der Waals surface area contributed by atoms with E-state index in [1.54, 1.807) is 0 Å². The van der Waals surface area contributed by atoms with Crippen LogP contribution in [0.2, 0.25) is 0 Å². The van der Waals surface area contributed by atoms with Crippen LogP contribution in [-0.2, 0) is 14.4 Å². The number of nitrogens with zero attached hydrogens (tertiary/aromatic N) is 1. The Morgan fingerprint density at radius 2 is 1.60 bits per heavy atom. The highest BCUT2D eigenvalue weighted by Crippen LogP contribution is 2.13. The number of rotatable bonds is 5. The lowest BCUT2D eigenvalue weighted by atomic mass is 10.2. The predicted octanol–water partition coefficient (Wildman–Crippen LogP) is 0.674. The Kier molecular flexibility index (Phi) is 7.52. The molecule has 0 radical (unpaired) electrons. The van der Waals surface area contributed by atoms with Gasteiger partial charge in [0.1, 0.15) is 0 Å². The van der Waals surface area contributed by atoms with Crippen molar-refractivity contribution in [1.29, 1.82) is 0 Å². The van der Waals surface area contributed by atoms with Gasteiger partial charge in [0.15, 0.2) is 0 Å². The highest BCUT2D eigenvalue weighted by atomic mass is 19.4. The number of alkyl halides is 3. The van der Waals surface area contributed by atoms with Gasteiger partial charge in [0, 0.05) is 18.7 Å². The summed E-state index contributed by atoms with van der Waals surface area (Å²) in [7, 11) is 0. The molecule has 0 aromatic rings. The Bertz CT molecular complexity index is 376. The Labute approximate surface area is 113 Å². The van der Waals surface area contributed by atoms with Crippen molar-refractivity contribution in [3.8, 4) is 0 Å². The molecule has 0 saturated carbocycles. The first-order chi connectivity index (χ1) is 9.20. The third kappa shape index (κ3) is 6.88. The number of hydrogen-bond acceptors (Lipinski definition) is 4. The van der Waals surface area contributed by atoms with Gasteiger partial charge in [-0.1, -0.05) is 6.42 Å². The third-order valence-electron chi connectivity index (χ3n) is 2.23. The van der Waals surface area contributed by atoms with E-state index in [1.807, 2.05) is 0 Å². The van der Waals surface area contributed by atoms with Crippen molar-refractivity contribution in [2.24, 2.45) is 5.73 Å². The number of nitrogens with two attached hydrogens (primary N) is 1. The van der Waals surface area contributed by atoms with Crippen LogP contribution >= 0.6 is 0 Å². The summed E-state index contributed by atoms with van der Waals surface area (Å²) in [6, 6.07) is 0. The molecule has 2 amide bonds. The molecule has 1 rings (SSSR count). The van der Waals surface area contributed by atoms with E-state index in [2.05, 4.69) is 0 Å². The molecule has 0 fully saturated rings. The van der Waals surface area contributed by atoms with Gasteiger partial charge in [-0.3, -0.25) is 14.5 Å². The summed E-state index contributed by atoms with van der Waals surface area (Å²) in [6.07, 6.45) is 0.296. The van der Waals surface area contributed by atoms with E-state index >= 15 is 0 Å². The molecule has 114 valence electrons. The molecule has 0 aromatic heterocycles. The molecule has 1 heterocycles. The summed E-state index contributed by atoms with van der Waals surface area (Å²) >= 11 is 0. The summed E-state index contributed by atoms with van der Waals surface area (Å²) < 4.78 is 31.7. The fourth-order valence-corrected chi connectivity index (χ4v) is 1.24. The van der Waals surface area contributed by atoms with E-state index in [4.69, 9.17) is 15.6 Å². The first-order valence-electron chi connectivity index (χ1n) is 5.74. The molecule has 1 aliphatic heterocycles. The quantitative estimate of drug-likeness (QED) is 0.574. The van der Waals surface area contributed by atoms with Crippen LogP contribution in [0.1, 0.15) is 19.3 Å². The van der Waals surface area contributed by atoms with Crippen molar-refractivity contribution < 1.29 is 32.7 Å². The average Bonchev–Trinajstić information content (AvgIpc) is 2.65. The van der Waals surface area contributed by atoms with E-state index in [9.17, 15) is 22.8 Å². The molecule has 0 atom stereocenters. The number of imide groups is 1. The number of aliphatic carboxylic acids is 1. The van der Waals surface area contributed by atoms with Gasteiger partial charge in [0.05, 0.1) is 0 Å². The number of carbonyl (C=O) groups excluding carboxylic acids is 2. The molecule has 0 bridgehead atoms. The highest BCUT2D eigenvalue weighted by molar-refractivity contribution is 6.12. The molecule has 20 heavy (non-hydrogen) atoms. The lowest BCUT2D eigenvalue weighted by Gasteiger charge is -2.12. The van der Waals surface area contributed by atoms with Crippen molar-refractivity contribution in [2.45, 2.75) is 25.4 Å². The lowest BCUT2D eigenvalue weighted by molar-refractivity contribution is -0.192. The zero-order valence-corrected chi connectivity index (χ0v) is 10.5. The predicted molar refractivity (Wildman–Crippen MR) is 62.5 cm³/mol. The normalized spacial score (nSPS) is 14.3. The average molecular weight is 296 g/mol. The molecule has 9 heteroatoms. The van der Waals surface area contributed by atoms with Crippen LogP contribution in [0, 0.1) is 0 Å². The molecule has 3 N–H and O–H groups in total. The second-order valence-corrected chi connectivity index (χ2v) is 3.81. The largest absolute Gasteiger partial charge is 0.490 e. The first kappa shape index (κ1) is 18.1. The van der Waals surface area contributed by atoms with Crippen molar-refractivity contribution in [2.75, 3.05) is 13.1 Å². The van der Waals surface area contributed by atoms with Crippen LogP contribution in [-0.4, -0.2) is 47.1 Å².